The Labute approximate surface area is 346 Å². The quantitative estimate of drug-likeness (QED) is 0.0357. The Morgan fingerprint density at radius 3 is 1.08 bits per heavy atom. The predicted octanol–water partition coefficient (Wildman–Crippen LogP) is 5.35. The highest BCUT2D eigenvalue weighted by Gasteiger charge is 2.21. The summed E-state index contributed by atoms with van der Waals surface area (Å²) in [5.41, 5.74) is 6.33. The summed E-state index contributed by atoms with van der Waals surface area (Å²) in [6, 6.07) is 15.3. The Balaban J connectivity index is 1.20. The van der Waals surface area contributed by atoms with Crippen LogP contribution in [0.1, 0.15) is 57.5 Å². The van der Waals surface area contributed by atoms with Crippen molar-refractivity contribution in [3.05, 3.63) is 82.9 Å². The Morgan fingerprint density at radius 2 is 0.783 bits per heavy atom. The van der Waals surface area contributed by atoms with Crippen LogP contribution >= 0.6 is 0 Å². The Kier molecular flexibility index (Phi) is 16.9. The molecular weight excluding hydrogens is 784 g/mol. The van der Waals surface area contributed by atoms with Crippen molar-refractivity contribution in [3.63, 3.8) is 0 Å². The van der Waals surface area contributed by atoms with Crippen molar-refractivity contribution >= 4 is 36.2 Å². The highest BCUT2D eigenvalue weighted by Crippen LogP contribution is 2.40. The zero-order valence-corrected chi connectivity index (χ0v) is 34.4. The molecule has 4 rings (SSSR count). The van der Waals surface area contributed by atoms with Crippen LogP contribution in [0.4, 0.5) is 0 Å². The molecule has 0 saturated heterocycles. The van der Waals surface area contributed by atoms with Gasteiger partial charge in [-0.25, -0.2) is 20.4 Å². The van der Waals surface area contributed by atoms with Gasteiger partial charge in [0.1, 0.15) is 0 Å². The largest absolute Gasteiger partial charge is 0.493 e. The number of hydrogen-bond acceptors (Lipinski definition) is 16. The van der Waals surface area contributed by atoms with Gasteiger partial charge in [-0.05, 0) is 84.6 Å². The van der Waals surface area contributed by atoms with E-state index in [1.165, 1.54) is 106 Å². The van der Waals surface area contributed by atoms with Gasteiger partial charge in [-0.1, -0.05) is 0 Å². The number of hydrazone groups is 2. The molecule has 0 aliphatic heterocycles. The number of benzene rings is 4. The van der Waals surface area contributed by atoms with Crippen LogP contribution in [0.3, 0.4) is 0 Å². The van der Waals surface area contributed by atoms with Crippen molar-refractivity contribution in [3.8, 4) is 57.5 Å². The van der Waals surface area contributed by atoms with E-state index in [0.29, 0.717) is 58.5 Å². The maximum absolute atomic E-state index is 13.0. The third kappa shape index (κ3) is 12.0. The van der Waals surface area contributed by atoms with E-state index in [-0.39, 0.29) is 58.8 Å². The summed E-state index contributed by atoms with van der Waals surface area (Å²) in [7, 11) is 11.5. The van der Waals surface area contributed by atoms with Crippen molar-refractivity contribution in [2.24, 2.45) is 10.2 Å². The first-order valence-corrected chi connectivity index (χ1v) is 18.1. The summed E-state index contributed by atoms with van der Waals surface area (Å²) in [6.45, 7) is 0. The Morgan fingerprint density at radius 1 is 0.450 bits per heavy atom. The number of nitrogens with zero attached hydrogens (tertiary/aromatic N) is 2. The van der Waals surface area contributed by atoms with E-state index < -0.39 is 11.9 Å². The van der Waals surface area contributed by atoms with Gasteiger partial charge in [0.15, 0.2) is 46.0 Å². The van der Waals surface area contributed by atoms with E-state index in [4.69, 9.17) is 47.4 Å². The first kappa shape index (κ1) is 45.2. The Hall–Kier alpha value is -7.50. The minimum Gasteiger partial charge on any atom is -0.493 e. The lowest BCUT2D eigenvalue weighted by Gasteiger charge is -2.14. The summed E-state index contributed by atoms with van der Waals surface area (Å²) < 4.78 is 53.8. The van der Waals surface area contributed by atoms with Crippen molar-refractivity contribution in [1.29, 1.82) is 0 Å². The molecule has 18 heteroatoms. The second kappa shape index (κ2) is 22.4. The van der Waals surface area contributed by atoms with Gasteiger partial charge in [0.2, 0.25) is 23.3 Å². The van der Waals surface area contributed by atoms with E-state index in [2.05, 4.69) is 21.1 Å². The van der Waals surface area contributed by atoms with E-state index in [9.17, 15) is 19.2 Å². The third-order valence-corrected chi connectivity index (χ3v) is 8.44. The lowest BCUT2D eigenvalue weighted by Crippen LogP contribution is -2.19. The van der Waals surface area contributed by atoms with Crippen LogP contribution in [0.15, 0.2) is 70.9 Å². The fourth-order valence-corrected chi connectivity index (χ4v) is 5.45. The van der Waals surface area contributed by atoms with Crippen LogP contribution in [-0.2, 0) is 9.59 Å². The molecule has 0 radical (unpaired) electrons. The third-order valence-electron chi connectivity index (χ3n) is 8.44. The zero-order valence-electron chi connectivity index (χ0n) is 34.4. The highest BCUT2D eigenvalue weighted by atomic mass is 16.6. The van der Waals surface area contributed by atoms with Crippen LogP contribution in [0.5, 0.6) is 57.5 Å². The topological polar surface area (TPSA) is 209 Å². The number of nitrogens with one attached hydrogen (secondary N) is 2. The number of carbonyl (C=O) groups excluding carboxylic acids is 4. The lowest BCUT2D eigenvalue weighted by molar-refractivity contribution is -0.123. The second-order valence-electron chi connectivity index (χ2n) is 12.2. The number of hydrogen-bond donors (Lipinski definition) is 2. The van der Waals surface area contributed by atoms with Crippen LogP contribution in [0, 0.1) is 0 Å². The van der Waals surface area contributed by atoms with Gasteiger partial charge >= 0.3 is 11.9 Å². The SMILES string of the molecule is COc1cc(C=NNC(=O)CCCCC(=O)NN=Cc2ccc(OC(=O)c3cc(OC)c(OC)c(OC)c3)c(OC)c2)ccc1OC(=O)c1cc(OC)c(OC)c(OC)c1. The molecule has 4 aromatic carbocycles. The zero-order chi connectivity index (χ0) is 43.6. The molecule has 0 spiro atoms. The molecule has 4 aromatic rings. The molecule has 0 unspecified atom stereocenters. The first-order chi connectivity index (χ1) is 29.0. The van der Waals surface area contributed by atoms with Crippen LogP contribution in [-0.4, -0.2) is 93.1 Å². The monoisotopic (exact) mass is 830 g/mol. The molecule has 0 bridgehead atoms. The number of rotatable bonds is 21. The van der Waals surface area contributed by atoms with Gasteiger partial charge < -0.3 is 47.4 Å². The highest BCUT2D eigenvalue weighted by molar-refractivity contribution is 5.94. The molecule has 2 amide bonds. The summed E-state index contributed by atoms with van der Waals surface area (Å²) in [6.07, 6.45) is 3.92. The van der Waals surface area contributed by atoms with Crippen molar-refractivity contribution < 1.29 is 66.5 Å². The minimum absolute atomic E-state index is 0.128. The smallest absolute Gasteiger partial charge is 0.343 e. The van der Waals surface area contributed by atoms with Crippen molar-refractivity contribution in [2.45, 2.75) is 25.7 Å². The molecule has 0 saturated carbocycles. The molecule has 0 aliphatic carbocycles. The minimum atomic E-state index is -0.687. The van der Waals surface area contributed by atoms with E-state index in [1.807, 2.05) is 0 Å². The standard InChI is InChI=1S/C42H46N4O14/c1-51-31-17-25(13-15-29(31)59-41(49)27-19-33(53-3)39(57-7)34(20-27)54-4)23-43-45-37(47)11-9-10-12-38(48)46-44-24-26-14-16-30(32(18-26)52-2)60-42(50)28-21-35(55-5)40(58-8)36(22-28)56-6/h13-24H,9-12H2,1-8H3,(H,45,47)(H,46,48). The number of ether oxygens (including phenoxy) is 10. The molecule has 318 valence electrons. The van der Waals surface area contributed by atoms with Crippen molar-refractivity contribution in [1.82, 2.24) is 10.9 Å². The normalized spacial score (nSPS) is 10.7. The summed E-state index contributed by atoms with van der Waals surface area (Å²) in [5, 5.41) is 7.97. The number of methoxy groups -OCH3 is 8. The average molecular weight is 831 g/mol. The summed E-state index contributed by atoms with van der Waals surface area (Å²) >= 11 is 0. The Bertz CT molecular complexity index is 2020. The fourth-order valence-electron chi connectivity index (χ4n) is 5.45. The van der Waals surface area contributed by atoms with E-state index in [1.54, 1.807) is 24.3 Å². The molecule has 0 atom stereocenters. The van der Waals surface area contributed by atoms with Gasteiger partial charge in [0.25, 0.3) is 0 Å². The molecule has 0 aliphatic rings. The van der Waals surface area contributed by atoms with Gasteiger partial charge in [-0.2, -0.15) is 10.2 Å². The van der Waals surface area contributed by atoms with Gasteiger partial charge in [-0.3, -0.25) is 9.59 Å². The van der Waals surface area contributed by atoms with Crippen LogP contribution in [0.2, 0.25) is 0 Å². The molecule has 0 heterocycles. The lowest BCUT2D eigenvalue weighted by atomic mass is 10.1. The molecule has 0 aromatic heterocycles. The molecule has 2 N–H and O–H groups in total. The van der Waals surface area contributed by atoms with Crippen LogP contribution < -0.4 is 58.2 Å². The second-order valence-corrected chi connectivity index (χ2v) is 12.2. The molecule has 18 nitrogen and oxygen atoms in total. The first-order valence-electron chi connectivity index (χ1n) is 18.1. The van der Waals surface area contributed by atoms with Crippen LogP contribution in [0.25, 0.3) is 0 Å². The summed E-state index contributed by atoms with van der Waals surface area (Å²) in [5.74, 6) is 0.551. The molecule has 0 fully saturated rings. The number of amides is 2. The van der Waals surface area contributed by atoms with E-state index in [0.717, 1.165) is 0 Å². The molecule has 60 heavy (non-hydrogen) atoms. The van der Waals surface area contributed by atoms with Gasteiger partial charge in [0, 0.05) is 12.8 Å². The average Bonchev–Trinajstić information content (AvgIpc) is 3.27. The van der Waals surface area contributed by atoms with Gasteiger partial charge in [0.05, 0.1) is 80.4 Å². The number of carbonyl (C=O) groups is 4. The fraction of sp³-hybridized carbons (Fsp3) is 0.286. The molecular formula is C42H46N4O14. The van der Waals surface area contributed by atoms with Gasteiger partial charge in [-0.15, -0.1) is 0 Å². The van der Waals surface area contributed by atoms with E-state index >= 15 is 0 Å². The summed E-state index contributed by atoms with van der Waals surface area (Å²) in [4.78, 5) is 50.6. The number of esters is 2. The maximum atomic E-state index is 13.0. The number of unbranched alkanes of at least 4 members (excludes halogenated alkanes) is 1. The van der Waals surface area contributed by atoms with Crippen molar-refractivity contribution in [2.75, 3.05) is 56.9 Å². The maximum Gasteiger partial charge on any atom is 0.343 e. The predicted molar refractivity (Wildman–Crippen MR) is 218 cm³/mol.